The van der Waals surface area contributed by atoms with Crippen molar-refractivity contribution >= 4 is 22.0 Å². The fourth-order valence-corrected chi connectivity index (χ4v) is 2.49. The summed E-state index contributed by atoms with van der Waals surface area (Å²) in [5.74, 6) is 0. The molecule has 0 bridgehead atoms. The molecule has 1 aliphatic heterocycles. The summed E-state index contributed by atoms with van der Waals surface area (Å²) in [5.41, 5.74) is 8.06. The molecule has 4 heteroatoms. The van der Waals surface area contributed by atoms with Crippen molar-refractivity contribution in [3.05, 3.63) is 17.2 Å². The third-order valence-corrected chi connectivity index (χ3v) is 3.36. The van der Waals surface area contributed by atoms with Gasteiger partial charge in [0, 0.05) is 18.5 Å². The van der Waals surface area contributed by atoms with Gasteiger partial charge in [-0.05, 0) is 25.0 Å². The Morgan fingerprint density at radius 3 is 3.00 bits per heavy atom. The Labute approximate surface area is 94.6 Å². The number of nitrogens with zero attached hydrogens (tertiary/aromatic N) is 2. The lowest BCUT2D eigenvalue weighted by Gasteiger charge is -2.25. The van der Waals surface area contributed by atoms with E-state index in [9.17, 15) is 0 Å². The molecule has 0 atom stereocenters. The molecule has 0 fully saturated rings. The van der Waals surface area contributed by atoms with Crippen LogP contribution in [-0.2, 0) is 0 Å². The summed E-state index contributed by atoms with van der Waals surface area (Å²) >= 11 is 1.52. The number of hydrogen-bond acceptors (Lipinski definition) is 4. The first-order valence-electron chi connectivity index (χ1n) is 5.42. The lowest BCUT2D eigenvalue weighted by atomic mass is 10.1. The van der Waals surface area contributed by atoms with Gasteiger partial charge in [0.05, 0.1) is 5.69 Å². The minimum Gasteiger partial charge on any atom is -0.375 e. The smallest absolute Gasteiger partial charge is 0.180 e. The normalized spacial score (nSPS) is 17.8. The fourth-order valence-electron chi connectivity index (χ4n) is 1.90. The molecule has 2 heterocycles. The second-order valence-electron chi connectivity index (χ2n) is 3.85. The molecule has 0 radical (unpaired) electrons. The van der Waals surface area contributed by atoms with Gasteiger partial charge in [0.15, 0.2) is 5.13 Å². The Kier molecular flexibility index (Phi) is 3.38. The number of thiazole rings is 1. The molecule has 2 rings (SSSR count). The maximum absolute atomic E-state index is 5.63. The molecule has 0 unspecified atom stereocenters. The molecule has 15 heavy (non-hydrogen) atoms. The van der Waals surface area contributed by atoms with Crippen LogP contribution in [0, 0.1) is 0 Å². The van der Waals surface area contributed by atoms with Crippen LogP contribution in [0.25, 0.3) is 5.57 Å². The molecule has 0 aromatic carbocycles. The minimum atomic E-state index is 0.668. The Hall–Kier alpha value is -0.870. The Bertz CT molecular complexity index is 356. The Morgan fingerprint density at radius 2 is 2.47 bits per heavy atom. The van der Waals surface area contributed by atoms with Crippen LogP contribution in [0.1, 0.15) is 25.5 Å². The molecule has 1 aromatic rings. The van der Waals surface area contributed by atoms with Crippen molar-refractivity contribution in [2.24, 2.45) is 0 Å². The first-order chi connectivity index (χ1) is 7.29. The molecule has 3 nitrogen and oxygen atoms in total. The quantitative estimate of drug-likeness (QED) is 0.854. The van der Waals surface area contributed by atoms with Gasteiger partial charge in [-0.25, -0.2) is 4.98 Å². The van der Waals surface area contributed by atoms with E-state index in [0.29, 0.717) is 5.13 Å². The first kappa shape index (κ1) is 10.6. The van der Waals surface area contributed by atoms with Gasteiger partial charge in [0.25, 0.3) is 0 Å². The van der Waals surface area contributed by atoms with Crippen molar-refractivity contribution < 1.29 is 0 Å². The lowest BCUT2D eigenvalue weighted by Crippen LogP contribution is -2.29. The predicted molar refractivity (Wildman–Crippen MR) is 65.9 cm³/mol. The molecular weight excluding hydrogens is 206 g/mol. The first-order valence-corrected chi connectivity index (χ1v) is 6.30. The van der Waals surface area contributed by atoms with Gasteiger partial charge in [-0.15, -0.1) is 11.3 Å². The van der Waals surface area contributed by atoms with Crippen LogP contribution in [0.5, 0.6) is 0 Å². The zero-order valence-corrected chi connectivity index (χ0v) is 9.89. The highest BCUT2D eigenvalue weighted by molar-refractivity contribution is 7.13. The zero-order chi connectivity index (χ0) is 10.7. The highest BCUT2D eigenvalue weighted by Gasteiger charge is 2.13. The van der Waals surface area contributed by atoms with Crippen LogP contribution in [0.2, 0.25) is 0 Å². The van der Waals surface area contributed by atoms with E-state index in [0.717, 1.165) is 25.2 Å². The van der Waals surface area contributed by atoms with Crippen molar-refractivity contribution in [1.29, 1.82) is 0 Å². The summed E-state index contributed by atoms with van der Waals surface area (Å²) in [6.07, 6.45) is 4.61. The summed E-state index contributed by atoms with van der Waals surface area (Å²) in [6.45, 7) is 5.63. The second-order valence-corrected chi connectivity index (χ2v) is 4.74. The number of nitrogen functional groups attached to an aromatic ring is 1. The molecule has 0 spiro atoms. The standard InChI is InChI=1S/C11H17N3S/c1-2-5-14-6-3-9(4-7-14)10-8-15-11(12)13-10/h3,8H,2,4-7H2,1H3,(H2,12,13). The van der Waals surface area contributed by atoms with Crippen LogP contribution < -0.4 is 5.73 Å². The average molecular weight is 223 g/mol. The minimum absolute atomic E-state index is 0.668. The van der Waals surface area contributed by atoms with Crippen molar-refractivity contribution in [3.8, 4) is 0 Å². The summed E-state index contributed by atoms with van der Waals surface area (Å²) in [5, 5.41) is 2.72. The zero-order valence-electron chi connectivity index (χ0n) is 9.07. The van der Waals surface area contributed by atoms with E-state index in [-0.39, 0.29) is 0 Å². The fraction of sp³-hybridized carbons (Fsp3) is 0.545. The Balaban J connectivity index is 2.01. The van der Waals surface area contributed by atoms with E-state index in [1.165, 1.54) is 29.9 Å². The SMILES string of the molecule is CCCN1CC=C(c2csc(N)n2)CC1. The third kappa shape index (κ3) is 2.58. The lowest BCUT2D eigenvalue weighted by molar-refractivity contribution is 0.302. The van der Waals surface area contributed by atoms with Crippen LogP contribution >= 0.6 is 11.3 Å². The number of hydrogen-bond donors (Lipinski definition) is 1. The van der Waals surface area contributed by atoms with Gasteiger partial charge in [0.2, 0.25) is 0 Å². The van der Waals surface area contributed by atoms with Crippen LogP contribution in [0.3, 0.4) is 0 Å². The van der Waals surface area contributed by atoms with Gasteiger partial charge in [-0.2, -0.15) is 0 Å². The number of nitrogens with two attached hydrogens (primary N) is 1. The second kappa shape index (κ2) is 4.77. The molecule has 0 saturated heterocycles. The van der Waals surface area contributed by atoms with Crippen LogP contribution in [-0.4, -0.2) is 29.5 Å². The molecule has 82 valence electrons. The summed E-state index contributed by atoms with van der Waals surface area (Å²) in [6, 6.07) is 0. The monoisotopic (exact) mass is 223 g/mol. The number of aromatic nitrogens is 1. The van der Waals surface area contributed by atoms with Crippen LogP contribution in [0.15, 0.2) is 11.5 Å². The summed E-state index contributed by atoms with van der Waals surface area (Å²) < 4.78 is 0. The average Bonchev–Trinajstić information content (AvgIpc) is 2.67. The van der Waals surface area contributed by atoms with Crippen molar-refractivity contribution in [3.63, 3.8) is 0 Å². The van der Waals surface area contributed by atoms with Gasteiger partial charge in [-0.1, -0.05) is 13.0 Å². The highest BCUT2D eigenvalue weighted by Crippen LogP contribution is 2.24. The summed E-state index contributed by atoms with van der Waals surface area (Å²) in [7, 11) is 0. The predicted octanol–water partition coefficient (Wildman–Crippen LogP) is 2.22. The molecule has 1 aromatic heterocycles. The largest absolute Gasteiger partial charge is 0.375 e. The van der Waals surface area contributed by atoms with Gasteiger partial charge in [-0.3, -0.25) is 4.90 Å². The van der Waals surface area contributed by atoms with Gasteiger partial charge < -0.3 is 5.73 Å². The summed E-state index contributed by atoms with van der Waals surface area (Å²) in [4.78, 5) is 6.79. The molecule has 2 N–H and O–H groups in total. The van der Waals surface area contributed by atoms with E-state index in [2.05, 4.69) is 28.3 Å². The maximum Gasteiger partial charge on any atom is 0.180 e. The van der Waals surface area contributed by atoms with Gasteiger partial charge in [0.1, 0.15) is 0 Å². The van der Waals surface area contributed by atoms with Crippen molar-refractivity contribution in [1.82, 2.24) is 9.88 Å². The van der Waals surface area contributed by atoms with E-state index in [4.69, 9.17) is 5.73 Å². The van der Waals surface area contributed by atoms with Gasteiger partial charge >= 0.3 is 0 Å². The van der Waals surface area contributed by atoms with Crippen molar-refractivity contribution in [2.45, 2.75) is 19.8 Å². The molecule has 1 aliphatic rings. The number of rotatable bonds is 3. The number of anilines is 1. The third-order valence-electron chi connectivity index (χ3n) is 2.68. The maximum atomic E-state index is 5.63. The topological polar surface area (TPSA) is 42.1 Å². The van der Waals surface area contributed by atoms with Crippen LogP contribution in [0.4, 0.5) is 5.13 Å². The van der Waals surface area contributed by atoms with Crippen molar-refractivity contribution in [2.75, 3.05) is 25.4 Å². The van der Waals surface area contributed by atoms with E-state index in [1.54, 1.807) is 0 Å². The van der Waals surface area contributed by atoms with E-state index < -0.39 is 0 Å². The van der Waals surface area contributed by atoms with E-state index >= 15 is 0 Å². The molecule has 0 amide bonds. The Morgan fingerprint density at radius 1 is 1.60 bits per heavy atom. The van der Waals surface area contributed by atoms with E-state index in [1.807, 2.05) is 0 Å². The molecular formula is C11H17N3S. The molecule has 0 saturated carbocycles. The highest BCUT2D eigenvalue weighted by atomic mass is 32.1. The molecule has 0 aliphatic carbocycles.